The summed E-state index contributed by atoms with van der Waals surface area (Å²) in [6.07, 6.45) is 2.08. The van der Waals surface area contributed by atoms with Crippen LogP contribution >= 0.6 is 15.9 Å². The van der Waals surface area contributed by atoms with E-state index in [2.05, 4.69) is 44.0 Å². The van der Waals surface area contributed by atoms with Gasteiger partial charge in [-0.25, -0.2) is 0 Å². The number of aliphatic hydroxyl groups is 1. The molecule has 0 saturated carbocycles. The summed E-state index contributed by atoms with van der Waals surface area (Å²) in [5.74, 6) is 0. The normalized spacial score (nSPS) is 18.2. The predicted molar refractivity (Wildman–Crippen MR) is 79.1 cm³/mol. The molecule has 0 saturated heterocycles. The quantitative estimate of drug-likeness (QED) is 0.925. The molecule has 1 atom stereocenters. The lowest BCUT2D eigenvalue weighted by Gasteiger charge is -2.33. The molecule has 1 aliphatic heterocycles. The third-order valence-electron chi connectivity index (χ3n) is 3.33. The van der Waals surface area contributed by atoms with Gasteiger partial charge in [0.05, 0.1) is 17.5 Å². The molecule has 0 amide bonds. The van der Waals surface area contributed by atoms with Crippen molar-refractivity contribution in [3.05, 3.63) is 58.3 Å². The van der Waals surface area contributed by atoms with Crippen LogP contribution in [0, 0.1) is 0 Å². The fourth-order valence-corrected chi connectivity index (χ4v) is 2.80. The lowest BCUT2D eigenvalue weighted by molar-refractivity contribution is 0.173. The molecule has 0 fully saturated rings. The zero-order chi connectivity index (χ0) is 13.2. The number of hydrogen-bond donors (Lipinski definition) is 1. The number of halogens is 1. The van der Waals surface area contributed by atoms with Crippen molar-refractivity contribution in [2.24, 2.45) is 0 Å². The summed E-state index contributed by atoms with van der Waals surface area (Å²) < 4.78 is 0.973. The first-order valence-corrected chi connectivity index (χ1v) is 7.13. The highest BCUT2D eigenvalue weighted by Gasteiger charge is 2.24. The molecule has 2 aromatic rings. The average molecular weight is 319 g/mol. The van der Waals surface area contributed by atoms with Crippen LogP contribution in [0.3, 0.4) is 0 Å². The van der Waals surface area contributed by atoms with Crippen LogP contribution in [0.25, 0.3) is 0 Å². The van der Waals surface area contributed by atoms with Crippen LogP contribution in [0.15, 0.2) is 47.1 Å². The summed E-state index contributed by atoms with van der Waals surface area (Å²) >= 11 is 3.47. The number of β-amino-alcohol motifs (C(OH)–C–C–N with tert-alkyl or cyclic N) is 1. The zero-order valence-corrected chi connectivity index (χ0v) is 12.0. The van der Waals surface area contributed by atoms with Crippen LogP contribution in [-0.4, -0.2) is 22.7 Å². The Morgan fingerprint density at radius 2 is 2.11 bits per heavy atom. The van der Waals surface area contributed by atoms with Crippen molar-refractivity contribution in [2.45, 2.75) is 19.1 Å². The van der Waals surface area contributed by atoms with Gasteiger partial charge in [-0.15, -0.1) is 0 Å². The first-order valence-electron chi connectivity index (χ1n) is 6.34. The van der Waals surface area contributed by atoms with E-state index in [1.54, 1.807) is 6.20 Å². The van der Waals surface area contributed by atoms with Gasteiger partial charge in [-0.1, -0.05) is 30.3 Å². The molecule has 0 spiro atoms. The molecular formula is C15H15BrN2O. The molecule has 19 heavy (non-hydrogen) atoms. The summed E-state index contributed by atoms with van der Waals surface area (Å²) in [6.45, 7) is 1.45. The highest BCUT2D eigenvalue weighted by Crippen LogP contribution is 2.29. The molecular weight excluding hydrogens is 304 g/mol. The van der Waals surface area contributed by atoms with Crippen molar-refractivity contribution in [1.82, 2.24) is 4.98 Å². The van der Waals surface area contributed by atoms with Gasteiger partial charge in [0, 0.05) is 30.2 Å². The lowest BCUT2D eigenvalue weighted by atomic mass is 10.0. The van der Waals surface area contributed by atoms with Crippen molar-refractivity contribution < 1.29 is 5.11 Å². The van der Waals surface area contributed by atoms with Gasteiger partial charge in [0.1, 0.15) is 0 Å². The minimum atomic E-state index is -0.343. The van der Waals surface area contributed by atoms with Crippen molar-refractivity contribution in [3.8, 4) is 0 Å². The third-order valence-corrected chi connectivity index (χ3v) is 3.76. The number of hydrogen-bond acceptors (Lipinski definition) is 3. The first kappa shape index (κ1) is 12.6. The maximum atomic E-state index is 9.98. The van der Waals surface area contributed by atoms with Crippen molar-refractivity contribution in [1.29, 1.82) is 0 Å². The fraction of sp³-hybridized carbons (Fsp3) is 0.267. The molecule has 1 N–H and O–H groups in total. The SMILES string of the molecule is OC1Cc2ncc(Br)cc2N(Cc2ccccc2)C1. The molecule has 1 unspecified atom stereocenters. The van der Waals surface area contributed by atoms with E-state index in [1.165, 1.54) is 5.56 Å². The molecule has 1 aliphatic rings. The average Bonchev–Trinajstić information content (AvgIpc) is 2.41. The molecule has 4 heteroatoms. The van der Waals surface area contributed by atoms with E-state index in [-0.39, 0.29) is 6.10 Å². The summed E-state index contributed by atoms with van der Waals surface area (Å²) in [5, 5.41) is 9.98. The monoisotopic (exact) mass is 318 g/mol. The maximum absolute atomic E-state index is 9.98. The van der Waals surface area contributed by atoms with Crippen LogP contribution in [0.4, 0.5) is 5.69 Å². The summed E-state index contributed by atoms with van der Waals surface area (Å²) in [5.41, 5.74) is 3.32. The Labute approximate surface area is 121 Å². The Morgan fingerprint density at radius 1 is 1.32 bits per heavy atom. The van der Waals surface area contributed by atoms with E-state index in [0.717, 1.165) is 22.4 Å². The smallest absolute Gasteiger partial charge is 0.0771 e. The highest BCUT2D eigenvalue weighted by atomic mass is 79.9. The van der Waals surface area contributed by atoms with Crippen molar-refractivity contribution in [3.63, 3.8) is 0 Å². The second kappa shape index (κ2) is 5.31. The Balaban J connectivity index is 1.92. The van der Waals surface area contributed by atoms with Gasteiger partial charge in [-0.3, -0.25) is 4.98 Å². The predicted octanol–water partition coefficient (Wildman–Crippen LogP) is 2.77. The largest absolute Gasteiger partial charge is 0.391 e. The van der Waals surface area contributed by atoms with Crippen molar-refractivity contribution in [2.75, 3.05) is 11.4 Å². The fourth-order valence-electron chi connectivity index (χ4n) is 2.48. The number of pyridine rings is 1. The second-order valence-corrected chi connectivity index (χ2v) is 5.76. The maximum Gasteiger partial charge on any atom is 0.0771 e. The molecule has 3 nitrogen and oxygen atoms in total. The standard InChI is InChI=1S/C15H15BrN2O/c16-12-6-15-14(17-8-12)7-13(19)10-18(15)9-11-4-2-1-3-5-11/h1-6,8,13,19H,7,9-10H2. The van der Waals surface area contributed by atoms with E-state index in [4.69, 9.17) is 0 Å². The first-order chi connectivity index (χ1) is 9.22. The summed E-state index contributed by atoms with van der Waals surface area (Å²) in [6, 6.07) is 12.4. The Hall–Kier alpha value is -1.39. The molecule has 3 rings (SSSR count). The molecule has 0 radical (unpaired) electrons. The summed E-state index contributed by atoms with van der Waals surface area (Å²) in [7, 11) is 0. The Bertz CT molecular complexity index is 574. The van der Waals surface area contributed by atoms with Gasteiger partial charge in [-0.05, 0) is 27.6 Å². The van der Waals surface area contributed by atoms with Crippen LogP contribution < -0.4 is 4.90 Å². The van der Waals surface area contributed by atoms with E-state index < -0.39 is 0 Å². The second-order valence-electron chi connectivity index (χ2n) is 4.84. The molecule has 2 heterocycles. The van der Waals surface area contributed by atoms with E-state index >= 15 is 0 Å². The van der Waals surface area contributed by atoms with Crippen LogP contribution in [0.5, 0.6) is 0 Å². The lowest BCUT2D eigenvalue weighted by Crippen LogP contribution is -2.38. The molecule has 98 valence electrons. The van der Waals surface area contributed by atoms with Gasteiger partial charge >= 0.3 is 0 Å². The Morgan fingerprint density at radius 3 is 2.89 bits per heavy atom. The van der Waals surface area contributed by atoms with Crippen LogP contribution in [-0.2, 0) is 13.0 Å². The third kappa shape index (κ3) is 2.80. The number of aromatic nitrogens is 1. The summed E-state index contributed by atoms with van der Waals surface area (Å²) in [4.78, 5) is 6.60. The van der Waals surface area contributed by atoms with Gasteiger partial charge in [-0.2, -0.15) is 0 Å². The molecule has 0 aliphatic carbocycles. The molecule has 1 aromatic carbocycles. The number of fused-ring (bicyclic) bond motifs is 1. The number of aliphatic hydroxyl groups excluding tert-OH is 1. The minimum Gasteiger partial charge on any atom is -0.391 e. The van der Waals surface area contributed by atoms with Crippen LogP contribution in [0.1, 0.15) is 11.3 Å². The van der Waals surface area contributed by atoms with Gasteiger partial charge < -0.3 is 10.0 Å². The van der Waals surface area contributed by atoms with Crippen molar-refractivity contribution >= 4 is 21.6 Å². The minimum absolute atomic E-state index is 0.343. The van der Waals surface area contributed by atoms with E-state index in [1.807, 2.05) is 18.2 Å². The van der Waals surface area contributed by atoms with Crippen LogP contribution in [0.2, 0.25) is 0 Å². The van der Waals surface area contributed by atoms with E-state index in [9.17, 15) is 5.11 Å². The number of rotatable bonds is 2. The van der Waals surface area contributed by atoms with E-state index in [0.29, 0.717) is 13.0 Å². The van der Waals surface area contributed by atoms with Gasteiger partial charge in [0.2, 0.25) is 0 Å². The number of anilines is 1. The van der Waals surface area contributed by atoms with Gasteiger partial charge in [0.15, 0.2) is 0 Å². The Kier molecular flexibility index (Phi) is 3.53. The zero-order valence-electron chi connectivity index (χ0n) is 10.5. The van der Waals surface area contributed by atoms with Gasteiger partial charge in [0.25, 0.3) is 0 Å². The molecule has 1 aromatic heterocycles. The number of benzene rings is 1. The highest BCUT2D eigenvalue weighted by molar-refractivity contribution is 9.10. The topological polar surface area (TPSA) is 36.4 Å². The molecule has 0 bridgehead atoms. The number of nitrogens with zero attached hydrogens (tertiary/aromatic N) is 2.